The molecule has 0 radical (unpaired) electrons. The topological polar surface area (TPSA) is 106 Å². The van der Waals surface area contributed by atoms with Crippen LogP contribution in [0.3, 0.4) is 0 Å². The molecule has 9 heteroatoms. The van der Waals surface area contributed by atoms with Gasteiger partial charge in [-0.1, -0.05) is 24.3 Å². The molecule has 34 heavy (non-hydrogen) atoms. The van der Waals surface area contributed by atoms with Crippen molar-refractivity contribution >= 4 is 55.1 Å². The lowest BCUT2D eigenvalue weighted by atomic mass is 10.1. The van der Waals surface area contributed by atoms with Crippen LogP contribution in [0.5, 0.6) is 0 Å². The highest BCUT2D eigenvalue weighted by molar-refractivity contribution is 7.92. The molecule has 176 valence electrons. The van der Waals surface area contributed by atoms with E-state index in [9.17, 15) is 18.0 Å². The summed E-state index contributed by atoms with van der Waals surface area (Å²) >= 11 is 0. The van der Waals surface area contributed by atoms with E-state index in [1.807, 2.05) is 36.4 Å². The second-order valence-corrected chi connectivity index (χ2v) is 9.73. The highest BCUT2D eigenvalue weighted by Gasteiger charge is 2.20. The van der Waals surface area contributed by atoms with Gasteiger partial charge in [0.2, 0.25) is 10.0 Å². The summed E-state index contributed by atoms with van der Waals surface area (Å²) < 4.78 is 32.6. The molecule has 0 spiro atoms. The van der Waals surface area contributed by atoms with Gasteiger partial charge in [0, 0.05) is 39.7 Å². The van der Waals surface area contributed by atoms with E-state index in [0.29, 0.717) is 5.69 Å². The molecule has 0 saturated carbocycles. The van der Waals surface area contributed by atoms with Crippen LogP contribution >= 0.6 is 0 Å². The molecule has 3 aromatic carbocycles. The van der Waals surface area contributed by atoms with E-state index in [0.717, 1.165) is 34.6 Å². The molecule has 1 heterocycles. The van der Waals surface area contributed by atoms with Crippen molar-refractivity contribution in [2.24, 2.45) is 0 Å². The van der Waals surface area contributed by atoms with Gasteiger partial charge in [0.05, 0.1) is 11.8 Å². The third-order valence-electron chi connectivity index (χ3n) is 5.41. The van der Waals surface area contributed by atoms with Crippen molar-refractivity contribution in [2.45, 2.75) is 26.5 Å². The fourth-order valence-corrected chi connectivity index (χ4v) is 4.48. The number of benzene rings is 3. The monoisotopic (exact) mass is 479 g/mol. The van der Waals surface area contributed by atoms with Gasteiger partial charge in [-0.3, -0.25) is 9.52 Å². The first-order chi connectivity index (χ1) is 16.2. The van der Waals surface area contributed by atoms with Crippen molar-refractivity contribution in [1.29, 1.82) is 0 Å². The molecule has 1 aromatic heterocycles. The molecule has 4 aromatic rings. The number of anilines is 2. The molecule has 8 nitrogen and oxygen atoms in total. The Hall–Kier alpha value is -3.85. The number of esters is 1. The largest absolute Gasteiger partial charge is 0.449 e. The first kappa shape index (κ1) is 23.3. The predicted octanol–water partition coefficient (Wildman–Crippen LogP) is 4.37. The minimum atomic E-state index is -3.49. The number of amides is 1. The second kappa shape index (κ2) is 9.18. The molecule has 0 bridgehead atoms. The number of fused-ring (bicyclic) bond motifs is 3. The van der Waals surface area contributed by atoms with Crippen molar-refractivity contribution in [1.82, 2.24) is 4.57 Å². The number of sulfonamides is 1. The van der Waals surface area contributed by atoms with E-state index in [4.69, 9.17) is 4.74 Å². The summed E-state index contributed by atoms with van der Waals surface area (Å²) in [6.45, 7) is 4.39. The average molecular weight is 480 g/mol. The van der Waals surface area contributed by atoms with Crippen LogP contribution in [-0.4, -0.2) is 37.2 Å². The van der Waals surface area contributed by atoms with Gasteiger partial charge < -0.3 is 14.6 Å². The first-order valence-electron chi connectivity index (χ1n) is 10.8. The van der Waals surface area contributed by atoms with Crippen LogP contribution in [-0.2, 0) is 26.1 Å². The summed E-state index contributed by atoms with van der Waals surface area (Å²) in [7, 11) is -3.49. The minimum absolute atomic E-state index is 0.127. The second-order valence-electron chi connectivity index (χ2n) is 7.99. The van der Waals surface area contributed by atoms with Gasteiger partial charge >= 0.3 is 5.97 Å². The summed E-state index contributed by atoms with van der Waals surface area (Å²) in [6, 6.07) is 19.7. The Morgan fingerprint density at radius 1 is 0.941 bits per heavy atom. The van der Waals surface area contributed by atoms with Crippen LogP contribution in [0.25, 0.3) is 21.8 Å². The Bertz CT molecular complexity index is 1510. The van der Waals surface area contributed by atoms with Gasteiger partial charge in [0.25, 0.3) is 5.91 Å². The van der Waals surface area contributed by atoms with Crippen LogP contribution in [0, 0.1) is 0 Å². The van der Waals surface area contributed by atoms with E-state index >= 15 is 0 Å². The quantitative estimate of drug-likeness (QED) is 0.383. The summed E-state index contributed by atoms with van der Waals surface area (Å²) in [4.78, 5) is 25.2. The van der Waals surface area contributed by atoms with Crippen molar-refractivity contribution < 1.29 is 22.7 Å². The zero-order valence-electron chi connectivity index (χ0n) is 19.0. The fourth-order valence-electron chi connectivity index (χ4n) is 3.92. The molecular weight excluding hydrogens is 454 g/mol. The lowest BCUT2D eigenvalue weighted by Crippen LogP contribution is -2.30. The molecule has 4 rings (SSSR count). The van der Waals surface area contributed by atoms with Gasteiger partial charge in [-0.05, 0) is 56.3 Å². The number of hydrogen-bond donors (Lipinski definition) is 2. The van der Waals surface area contributed by atoms with E-state index in [2.05, 4.69) is 27.6 Å². The number of aryl methyl sites for hydroxylation is 1. The molecule has 1 atom stereocenters. The first-order valence-corrected chi connectivity index (χ1v) is 12.7. The van der Waals surface area contributed by atoms with Gasteiger partial charge in [-0.2, -0.15) is 0 Å². The Balaban J connectivity index is 1.49. The van der Waals surface area contributed by atoms with Crippen molar-refractivity contribution in [2.75, 3.05) is 16.3 Å². The lowest BCUT2D eigenvalue weighted by molar-refractivity contribution is -0.123. The van der Waals surface area contributed by atoms with Crippen molar-refractivity contribution in [3.8, 4) is 0 Å². The number of carbonyl (C=O) groups excluding carboxylic acids is 2. The fraction of sp³-hybridized carbons (Fsp3) is 0.200. The molecule has 1 amide bonds. The standard InChI is InChI=1S/C25H25N3O5S/c1-4-28-22-11-6-5-10-20(22)21-15-18(12-13-23(21)28)26-24(29)16(2)33-25(30)17-8-7-9-19(14-17)27-34(3,31)32/h5-16,27H,4H2,1-3H3,(H,26,29). The zero-order chi connectivity index (χ0) is 24.5. The number of rotatable bonds is 7. The highest BCUT2D eigenvalue weighted by atomic mass is 32.2. The third kappa shape index (κ3) is 4.89. The molecule has 0 saturated heterocycles. The smallest absolute Gasteiger partial charge is 0.338 e. The molecular formula is C25H25N3O5S. The molecule has 1 unspecified atom stereocenters. The van der Waals surface area contributed by atoms with Crippen LogP contribution in [0.15, 0.2) is 66.7 Å². The Morgan fingerprint density at radius 3 is 2.41 bits per heavy atom. The van der Waals surface area contributed by atoms with Crippen LogP contribution in [0.1, 0.15) is 24.2 Å². The summed E-state index contributed by atoms with van der Waals surface area (Å²) in [5.74, 6) is -1.21. The van der Waals surface area contributed by atoms with E-state index < -0.39 is 28.0 Å². The number of carbonyl (C=O) groups is 2. The average Bonchev–Trinajstić information content (AvgIpc) is 3.11. The molecule has 0 aliphatic heterocycles. The number of nitrogens with zero attached hydrogens (tertiary/aromatic N) is 1. The molecule has 0 aliphatic rings. The number of nitrogens with one attached hydrogen (secondary N) is 2. The maximum atomic E-state index is 12.7. The van der Waals surface area contributed by atoms with Gasteiger partial charge in [-0.25, -0.2) is 13.2 Å². The minimum Gasteiger partial charge on any atom is -0.449 e. The van der Waals surface area contributed by atoms with E-state index in [1.54, 1.807) is 0 Å². The lowest BCUT2D eigenvalue weighted by Gasteiger charge is -2.14. The number of para-hydroxylation sites is 1. The highest BCUT2D eigenvalue weighted by Crippen LogP contribution is 2.31. The van der Waals surface area contributed by atoms with Crippen molar-refractivity contribution in [3.63, 3.8) is 0 Å². The van der Waals surface area contributed by atoms with E-state index in [1.165, 1.54) is 31.2 Å². The Labute approximate surface area is 197 Å². The number of aromatic nitrogens is 1. The molecule has 0 fully saturated rings. The number of hydrogen-bond acceptors (Lipinski definition) is 5. The normalized spacial score (nSPS) is 12.4. The SMILES string of the molecule is CCn1c2ccccc2c2cc(NC(=O)C(C)OC(=O)c3cccc(NS(C)(=O)=O)c3)ccc21. The van der Waals surface area contributed by atoms with E-state index in [-0.39, 0.29) is 11.3 Å². The van der Waals surface area contributed by atoms with Gasteiger partial charge in [0.15, 0.2) is 6.10 Å². The van der Waals surface area contributed by atoms with Crippen LogP contribution < -0.4 is 10.0 Å². The maximum absolute atomic E-state index is 12.7. The maximum Gasteiger partial charge on any atom is 0.338 e. The summed E-state index contributed by atoms with van der Waals surface area (Å²) in [6.07, 6.45) is -0.0476. The van der Waals surface area contributed by atoms with Crippen molar-refractivity contribution in [3.05, 3.63) is 72.3 Å². The molecule has 2 N–H and O–H groups in total. The summed E-state index contributed by atoms with van der Waals surface area (Å²) in [5.41, 5.74) is 3.15. The Morgan fingerprint density at radius 2 is 1.68 bits per heavy atom. The zero-order valence-corrected chi connectivity index (χ0v) is 19.8. The van der Waals surface area contributed by atoms with Crippen LogP contribution in [0.2, 0.25) is 0 Å². The number of ether oxygens (including phenoxy) is 1. The molecule has 0 aliphatic carbocycles. The third-order valence-corrected chi connectivity index (χ3v) is 6.02. The van der Waals surface area contributed by atoms with Crippen LogP contribution in [0.4, 0.5) is 11.4 Å². The predicted molar refractivity (Wildman–Crippen MR) is 134 cm³/mol. The van der Waals surface area contributed by atoms with Gasteiger partial charge in [0.1, 0.15) is 0 Å². The van der Waals surface area contributed by atoms with Gasteiger partial charge in [-0.15, -0.1) is 0 Å². The Kier molecular flexibility index (Phi) is 6.30. The summed E-state index contributed by atoms with van der Waals surface area (Å²) in [5, 5.41) is 4.93.